The lowest BCUT2D eigenvalue weighted by Gasteiger charge is -2.13. The molecule has 0 saturated heterocycles. The van der Waals surface area contributed by atoms with Crippen LogP contribution in [0.25, 0.3) is 10.8 Å². The first-order chi connectivity index (χ1) is 9.09. The van der Waals surface area contributed by atoms with Gasteiger partial charge in [0.2, 0.25) is 0 Å². The highest BCUT2D eigenvalue weighted by molar-refractivity contribution is 5.99. The summed E-state index contributed by atoms with van der Waals surface area (Å²) in [5.41, 5.74) is 0.978. The van der Waals surface area contributed by atoms with Crippen molar-refractivity contribution in [1.82, 2.24) is 9.88 Å². The van der Waals surface area contributed by atoms with Crippen LogP contribution in [0.4, 0.5) is 11.4 Å². The number of non-ortho nitro benzene ring substituents is 1. The van der Waals surface area contributed by atoms with Crippen molar-refractivity contribution in [2.24, 2.45) is 0 Å². The van der Waals surface area contributed by atoms with Gasteiger partial charge in [0.1, 0.15) is 0 Å². The smallest absolute Gasteiger partial charge is 0.278 e. The third-order valence-corrected chi connectivity index (χ3v) is 2.87. The molecular weight excluding hydrogens is 244 g/mol. The zero-order chi connectivity index (χ0) is 13.8. The summed E-state index contributed by atoms with van der Waals surface area (Å²) in [5.74, 6) is 0. The first-order valence-electron chi connectivity index (χ1n) is 5.99. The third-order valence-electron chi connectivity index (χ3n) is 2.87. The molecule has 0 amide bonds. The van der Waals surface area contributed by atoms with Crippen molar-refractivity contribution in [2.75, 3.05) is 32.5 Å². The Kier molecular flexibility index (Phi) is 3.91. The zero-order valence-electron chi connectivity index (χ0n) is 11.0. The molecule has 100 valence electrons. The molecule has 2 aromatic rings. The van der Waals surface area contributed by atoms with Crippen LogP contribution in [0.15, 0.2) is 30.6 Å². The molecule has 0 spiro atoms. The minimum absolute atomic E-state index is 0.0845. The number of fused-ring (bicyclic) bond motifs is 1. The van der Waals surface area contributed by atoms with Crippen LogP contribution in [0.1, 0.15) is 0 Å². The lowest BCUT2D eigenvalue weighted by atomic mass is 10.1. The lowest BCUT2D eigenvalue weighted by Crippen LogP contribution is -2.20. The van der Waals surface area contributed by atoms with Gasteiger partial charge >= 0.3 is 0 Å². The van der Waals surface area contributed by atoms with Gasteiger partial charge in [-0.2, -0.15) is 0 Å². The van der Waals surface area contributed by atoms with Crippen LogP contribution in [0.5, 0.6) is 0 Å². The van der Waals surface area contributed by atoms with Crippen molar-refractivity contribution in [3.63, 3.8) is 0 Å². The van der Waals surface area contributed by atoms with Gasteiger partial charge in [0, 0.05) is 42.6 Å². The van der Waals surface area contributed by atoms with Crippen LogP contribution < -0.4 is 5.32 Å². The first-order valence-corrected chi connectivity index (χ1v) is 5.99. The fourth-order valence-electron chi connectivity index (χ4n) is 1.90. The molecule has 0 radical (unpaired) electrons. The molecule has 1 aromatic carbocycles. The molecule has 0 unspecified atom stereocenters. The standard InChI is InChI=1S/C13H16N4O2/c1-16(2)8-7-15-12-3-4-13(17(18)19)11-9-14-6-5-10(11)12/h3-6,9,15H,7-8H2,1-2H3. The van der Waals surface area contributed by atoms with Gasteiger partial charge in [-0.15, -0.1) is 0 Å². The number of likely N-dealkylation sites (N-methyl/N-ethyl adjacent to an activating group) is 1. The second-order valence-corrected chi connectivity index (χ2v) is 4.54. The minimum Gasteiger partial charge on any atom is -0.383 e. The largest absolute Gasteiger partial charge is 0.383 e. The molecule has 0 saturated carbocycles. The van der Waals surface area contributed by atoms with E-state index in [1.54, 1.807) is 18.3 Å². The van der Waals surface area contributed by atoms with Gasteiger partial charge in [0.05, 0.1) is 10.3 Å². The Morgan fingerprint density at radius 2 is 2.11 bits per heavy atom. The third kappa shape index (κ3) is 2.97. The second-order valence-electron chi connectivity index (χ2n) is 4.54. The highest BCUT2D eigenvalue weighted by Crippen LogP contribution is 2.30. The number of hydrogen-bond acceptors (Lipinski definition) is 5. The van der Waals surface area contributed by atoms with E-state index in [4.69, 9.17) is 0 Å². The van der Waals surface area contributed by atoms with Crippen molar-refractivity contribution in [2.45, 2.75) is 0 Å². The number of aromatic nitrogens is 1. The van der Waals surface area contributed by atoms with E-state index in [1.165, 1.54) is 12.3 Å². The zero-order valence-corrected chi connectivity index (χ0v) is 11.0. The van der Waals surface area contributed by atoms with E-state index < -0.39 is 0 Å². The van der Waals surface area contributed by atoms with Crippen LogP contribution >= 0.6 is 0 Å². The number of anilines is 1. The summed E-state index contributed by atoms with van der Waals surface area (Å²) >= 11 is 0. The molecule has 0 fully saturated rings. The van der Waals surface area contributed by atoms with Crippen LogP contribution in [0.3, 0.4) is 0 Å². The fourth-order valence-corrected chi connectivity index (χ4v) is 1.90. The van der Waals surface area contributed by atoms with E-state index in [0.717, 1.165) is 24.2 Å². The van der Waals surface area contributed by atoms with Gasteiger partial charge in [-0.05, 0) is 26.2 Å². The summed E-state index contributed by atoms with van der Waals surface area (Å²) in [4.78, 5) is 16.6. The van der Waals surface area contributed by atoms with E-state index in [1.807, 2.05) is 14.1 Å². The van der Waals surface area contributed by atoms with Crippen molar-refractivity contribution >= 4 is 22.1 Å². The fraction of sp³-hybridized carbons (Fsp3) is 0.308. The number of nitrogens with one attached hydrogen (secondary N) is 1. The maximum atomic E-state index is 11.0. The number of hydrogen-bond donors (Lipinski definition) is 1. The Balaban J connectivity index is 2.36. The minimum atomic E-state index is -0.381. The summed E-state index contributed by atoms with van der Waals surface area (Å²) in [6.07, 6.45) is 3.17. The number of rotatable bonds is 5. The maximum absolute atomic E-state index is 11.0. The molecule has 0 aliphatic carbocycles. The van der Waals surface area contributed by atoms with Crippen molar-refractivity contribution in [1.29, 1.82) is 0 Å². The maximum Gasteiger partial charge on any atom is 0.278 e. The van der Waals surface area contributed by atoms with Gasteiger partial charge in [0.25, 0.3) is 5.69 Å². The molecule has 0 aliphatic heterocycles. The molecule has 2 rings (SSSR count). The van der Waals surface area contributed by atoms with Gasteiger partial charge in [-0.1, -0.05) is 0 Å². The van der Waals surface area contributed by atoms with E-state index >= 15 is 0 Å². The number of benzene rings is 1. The molecule has 6 nitrogen and oxygen atoms in total. The first kappa shape index (κ1) is 13.2. The predicted octanol–water partition coefficient (Wildman–Crippen LogP) is 2.12. The van der Waals surface area contributed by atoms with Crippen LogP contribution in [0, 0.1) is 10.1 Å². The van der Waals surface area contributed by atoms with Crippen LogP contribution in [0.2, 0.25) is 0 Å². The molecule has 1 N–H and O–H groups in total. The van der Waals surface area contributed by atoms with Gasteiger partial charge in [-0.25, -0.2) is 0 Å². The van der Waals surface area contributed by atoms with E-state index in [9.17, 15) is 10.1 Å². The molecule has 0 atom stereocenters. The molecule has 1 heterocycles. The van der Waals surface area contributed by atoms with E-state index in [-0.39, 0.29) is 10.6 Å². The van der Waals surface area contributed by atoms with Crippen molar-refractivity contribution in [3.05, 3.63) is 40.7 Å². The molecule has 19 heavy (non-hydrogen) atoms. The summed E-state index contributed by atoms with van der Waals surface area (Å²) in [5, 5.41) is 15.7. The number of nitrogens with zero attached hydrogens (tertiary/aromatic N) is 3. The Labute approximate surface area is 111 Å². The van der Waals surface area contributed by atoms with Crippen molar-refractivity contribution < 1.29 is 4.92 Å². The Morgan fingerprint density at radius 3 is 2.79 bits per heavy atom. The average Bonchev–Trinajstić information content (AvgIpc) is 2.38. The topological polar surface area (TPSA) is 71.3 Å². The van der Waals surface area contributed by atoms with Crippen LogP contribution in [-0.2, 0) is 0 Å². The molecule has 1 aromatic heterocycles. The molecule has 0 aliphatic rings. The lowest BCUT2D eigenvalue weighted by molar-refractivity contribution is -0.383. The summed E-state index contributed by atoms with van der Waals surface area (Å²) in [7, 11) is 4.00. The Bertz CT molecular complexity index is 598. The highest BCUT2D eigenvalue weighted by atomic mass is 16.6. The van der Waals surface area contributed by atoms with Crippen molar-refractivity contribution in [3.8, 4) is 0 Å². The number of pyridine rings is 1. The monoisotopic (exact) mass is 260 g/mol. The number of nitro groups is 1. The van der Waals surface area contributed by atoms with Gasteiger partial charge < -0.3 is 10.2 Å². The Morgan fingerprint density at radius 1 is 1.32 bits per heavy atom. The quantitative estimate of drug-likeness (QED) is 0.658. The molecular formula is C13H16N4O2. The highest BCUT2D eigenvalue weighted by Gasteiger charge is 2.13. The second kappa shape index (κ2) is 5.62. The summed E-state index contributed by atoms with van der Waals surface area (Å²) in [6.45, 7) is 1.67. The number of nitro benzene ring substituents is 1. The van der Waals surface area contributed by atoms with Gasteiger partial charge in [0.15, 0.2) is 0 Å². The summed E-state index contributed by atoms with van der Waals surface area (Å²) < 4.78 is 0. The molecule has 6 heteroatoms. The van der Waals surface area contributed by atoms with E-state index in [0.29, 0.717) is 5.39 Å². The summed E-state index contributed by atoms with van der Waals surface area (Å²) in [6, 6.07) is 5.05. The van der Waals surface area contributed by atoms with Gasteiger partial charge in [-0.3, -0.25) is 15.1 Å². The normalized spacial score (nSPS) is 10.9. The predicted molar refractivity (Wildman–Crippen MR) is 75.4 cm³/mol. The SMILES string of the molecule is CN(C)CCNc1ccc([N+](=O)[O-])c2cnccc12. The average molecular weight is 260 g/mol. The van der Waals surface area contributed by atoms with E-state index in [2.05, 4.69) is 15.2 Å². The van der Waals surface area contributed by atoms with Crippen LogP contribution in [-0.4, -0.2) is 42.0 Å². The Hall–Kier alpha value is -2.21. The molecule has 0 bridgehead atoms.